The minimum atomic E-state index is -0.583. The number of rotatable bonds is 1. The molecule has 2 fully saturated rings. The minimum Gasteiger partial charge on any atom is -0.481 e. The number of carboxylic acids is 1. The van der Waals surface area contributed by atoms with Gasteiger partial charge in [-0.05, 0) is 38.3 Å². The predicted octanol–water partition coefficient (Wildman–Crippen LogP) is 0.803. The van der Waals surface area contributed by atoms with E-state index in [-0.39, 0.29) is 11.3 Å². The Kier molecular flexibility index (Phi) is 1.65. The Labute approximate surface area is 72.4 Å². The van der Waals surface area contributed by atoms with Crippen molar-refractivity contribution in [1.82, 2.24) is 4.90 Å². The fourth-order valence-corrected chi connectivity index (χ4v) is 2.44. The first-order chi connectivity index (χ1) is 5.64. The highest BCUT2D eigenvalue weighted by Crippen LogP contribution is 2.55. The van der Waals surface area contributed by atoms with Gasteiger partial charge in [-0.3, -0.25) is 4.79 Å². The zero-order chi connectivity index (χ0) is 8.77. The fraction of sp³-hybridized carbons (Fsp3) is 0.889. The lowest BCUT2D eigenvalue weighted by atomic mass is 9.83. The lowest BCUT2D eigenvalue weighted by molar-refractivity contribution is -0.146. The average Bonchev–Trinajstić information content (AvgIpc) is 2.68. The maximum atomic E-state index is 10.9. The van der Waals surface area contributed by atoms with Crippen LogP contribution >= 0.6 is 0 Å². The van der Waals surface area contributed by atoms with Crippen molar-refractivity contribution in [2.45, 2.75) is 19.3 Å². The molecule has 3 heteroatoms. The van der Waals surface area contributed by atoms with Gasteiger partial charge in [-0.2, -0.15) is 0 Å². The second-order valence-electron chi connectivity index (χ2n) is 4.28. The van der Waals surface area contributed by atoms with Gasteiger partial charge < -0.3 is 10.0 Å². The fourth-order valence-electron chi connectivity index (χ4n) is 2.44. The highest BCUT2D eigenvalue weighted by atomic mass is 16.4. The van der Waals surface area contributed by atoms with Gasteiger partial charge >= 0.3 is 5.97 Å². The second-order valence-corrected chi connectivity index (χ2v) is 4.28. The smallest absolute Gasteiger partial charge is 0.307 e. The molecule has 0 aromatic carbocycles. The molecule has 0 aromatic heterocycles. The summed E-state index contributed by atoms with van der Waals surface area (Å²) in [6.07, 6.45) is 3.08. The Morgan fingerprint density at radius 2 is 2.25 bits per heavy atom. The molecule has 1 N–H and O–H groups in total. The quantitative estimate of drug-likeness (QED) is 0.631. The zero-order valence-corrected chi connectivity index (χ0v) is 7.42. The molecule has 68 valence electrons. The van der Waals surface area contributed by atoms with E-state index in [9.17, 15) is 4.79 Å². The number of piperidine rings is 1. The Hall–Kier alpha value is -0.570. The van der Waals surface area contributed by atoms with Crippen LogP contribution in [0.15, 0.2) is 0 Å². The molecule has 0 amide bonds. The Morgan fingerprint density at radius 1 is 1.58 bits per heavy atom. The summed E-state index contributed by atoms with van der Waals surface area (Å²) in [4.78, 5) is 13.2. The van der Waals surface area contributed by atoms with Crippen LogP contribution in [-0.2, 0) is 4.79 Å². The molecule has 1 atom stereocenters. The van der Waals surface area contributed by atoms with E-state index in [4.69, 9.17) is 5.11 Å². The zero-order valence-electron chi connectivity index (χ0n) is 7.42. The summed E-state index contributed by atoms with van der Waals surface area (Å²) in [6, 6.07) is 0. The van der Waals surface area contributed by atoms with Crippen molar-refractivity contribution < 1.29 is 9.90 Å². The molecular formula is C9H15NO2. The molecule has 0 bridgehead atoms. The van der Waals surface area contributed by atoms with Gasteiger partial charge in [0.15, 0.2) is 0 Å². The van der Waals surface area contributed by atoms with Crippen molar-refractivity contribution in [3.63, 3.8) is 0 Å². The van der Waals surface area contributed by atoms with Crippen LogP contribution in [-0.4, -0.2) is 36.1 Å². The normalized spacial score (nSPS) is 33.6. The van der Waals surface area contributed by atoms with Crippen molar-refractivity contribution in [1.29, 1.82) is 0 Å². The van der Waals surface area contributed by atoms with Gasteiger partial charge in [0.05, 0.1) is 5.92 Å². The summed E-state index contributed by atoms with van der Waals surface area (Å²) in [5.41, 5.74) is 0.166. The maximum Gasteiger partial charge on any atom is 0.307 e. The average molecular weight is 169 g/mol. The lowest BCUT2D eigenvalue weighted by Crippen LogP contribution is -2.42. The lowest BCUT2D eigenvalue weighted by Gasteiger charge is -2.34. The van der Waals surface area contributed by atoms with Crippen molar-refractivity contribution in [2.75, 3.05) is 20.1 Å². The van der Waals surface area contributed by atoms with Crippen molar-refractivity contribution in [3.8, 4) is 0 Å². The van der Waals surface area contributed by atoms with Gasteiger partial charge in [-0.1, -0.05) is 0 Å². The highest BCUT2D eigenvalue weighted by Gasteiger charge is 2.54. The van der Waals surface area contributed by atoms with Crippen LogP contribution in [0, 0.1) is 11.3 Å². The first kappa shape index (κ1) is 8.05. The van der Waals surface area contributed by atoms with Crippen molar-refractivity contribution >= 4 is 5.97 Å². The molecule has 1 aliphatic heterocycles. The van der Waals surface area contributed by atoms with Crippen LogP contribution < -0.4 is 0 Å². The van der Waals surface area contributed by atoms with E-state index < -0.39 is 5.97 Å². The summed E-state index contributed by atoms with van der Waals surface area (Å²) in [6.45, 7) is 1.93. The maximum absolute atomic E-state index is 10.9. The molecule has 0 aromatic rings. The van der Waals surface area contributed by atoms with E-state index in [2.05, 4.69) is 11.9 Å². The van der Waals surface area contributed by atoms with Crippen molar-refractivity contribution in [2.24, 2.45) is 11.3 Å². The number of nitrogens with zero attached hydrogens (tertiary/aromatic N) is 1. The predicted molar refractivity (Wildman–Crippen MR) is 44.9 cm³/mol. The number of likely N-dealkylation sites (tertiary alicyclic amines) is 1. The van der Waals surface area contributed by atoms with Crippen molar-refractivity contribution in [3.05, 3.63) is 0 Å². The van der Waals surface area contributed by atoms with E-state index in [1.54, 1.807) is 0 Å². The summed E-state index contributed by atoms with van der Waals surface area (Å²) in [5.74, 6) is -0.644. The topological polar surface area (TPSA) is 40.5 Å². The SMILES string of the molecule is CN1CCC(C(=O)O)C2(CC2)C1. The van der Waals surface area contributed by atoms with Gasteiger partial charge in [0.1, 0.15) is 0 Å². The Bertz CT molecular complexity index is 211. The van der Waals surface area contributed by atoms with E-state index in [0.29, 0.717) is 0 Å². The minimum absolute atomic E-state index is 0.0614. The molecule has 2 rings (SSSR count). The van der Waals surface area contributed by atoms with Crippen LogP contribution in [0.25, 0.3) is 0 Å². The van der Waals surface area contributed by atoms with Crippen LogP contribution in [0.4, 0.5) is 0 Å². The van der Waals surface area contributed by atoms with Gasteiger partial charge in [0.25, 0.3) is 0 Å². The summed E-state index contributed by atoms with van der Waals surface area (Å²) >= 11 is 0. The number of carboxylic acid groups (broad SMARTS) is 1. The third-order valence-corrected chi connectivity index (χ3v) is 3.31. The molecule has 1 saturated heterocycles. The first-order valence-corrected chi connectivity index (χ1v) is 4.55. The van der Waals surface area contributed by atoms with Crippen LogP contribution in [0.5, 0.6) is 0 Å². The number of hydrogen-bond acceptors (Lipinski definition) is 2. The van der Waals surface area contributed by atoms with Gasteiger partial charge in [-0.15, -0.1) is 0 Å². The largest absolute Gasteiger partial charge is 0.481 e. The van der Waals surface area contributed by atoms with E-state index in [1.807, 2.05) is 0 Å². The highest BCUT2D eigenvalue weighted by molar-refractivity contribution is 5.72. The molecular weight excluding hydrogens is 154 g/mol. The molecule has 12 heavy (non-hydrogen) atoms. The Balaban J connectivity index is 2.10. The van der Waals surface area contributed by atoms with Crippen LogP contribution in [0.1, 0.15) is 19.3 Å². The molecule has 1 saturated carbocycles. The molecule has 2 aliphatic rings. The molecule has 1 spiro atoms. The Morgan fingerprint density at radius 3 is 2.75 bits per heavy atom. The first-order valence-electron chi connectivity index (χ1n) is 4.55. The molecule has 3 nitrogen and oxygen atoms in total. The molecule has 1 heterocycles. The van der Waals surface area contributed by atoms with E-state index in [1.165, 1.54) is 0 Å². The second kappa shape index (κ2) is 2.46. The summed E-state index contributed by atoms with van der Waals surface area (Å²) in [5, 5.41) is 8.98. The molecule has 0 radical (unpaired) electrons. The van der Waals surface area contributed by atoms with E-state index in [0.717, 1.165) is 32.4 Å². The number of hydrogen-bond donors (Lipinski definition) is 1. The number of carbonyl (C=O) groups is 1. The van der Waals surface area contributed by atoms with Crippen LogP contribution in [0.3, 0.4) is 0 Å². The molecule has 1 aliphatic carbocycles. The van der Waals surface area contributed by atoms with Gasteiger partial charge in [0, 0.05) is 6.54 Å². The molecule has 1 unspecified atom stereocenters. The van der Waals surface area contributed by atoms with Gasteiger partial charge in [-0.25, -0.2) is 0 Å². The monoisotopic (exact) mass is 169 g/mol. The summed E-state index contributed by atoms with van der Waals surface area (Å²) < 4.78 is 0. The standard InChI is InChI=1S/C9H15NO2/c1-10-5-2-7(8(11)12)9(6-10)3-4-9/h7H,2-6H2,1H3,(H,11,12). The van der Waals surface area contributed by atoms with E-state index >= 15 is 0 Å². The third kappa shape index (κ3) is 1.12. The third-order valence-electron chi connectivity index (χ3n) is 3.31. The number of aliphatic carboxylic acids is 1. The van der Waals surface area contributed by atoms with Crippen LogP contribution in [0.2, 0.25) is 0 Å². The van der Waals surface area contributed by atoms with Gasteiger partial charge in [0.2, 0.25) is 0 Å². The summed E-state index contributed by atoms with van der Waals surface area (Å²) in [7, 11) is 2.08.